The minimum absolute atomic E-state index is 0.0237. The Balaban J connectivity index is 2.31. The molecule has 0 saturated carbocycles. The third-order valence-electron chi connectivity index (χ3n) is 4.07. The molecular weight excluding hydrogens is 254 g/mol. The summed E-state index contributed by atoms with van der Waals surface area (Å²) < 4.78 is 5.30. The second kappa shape index (κ2) is 8.60. The van der Waals surface area contributed by atoms with Gasteiger partial charge in [0, 0.05) is 38.4 Å². The molecular formula is C15H31N3O2. The molecule has 0 bridgehead atoms. The zero-order valence-electron chi connectivity index (χ0n) is 13.4. The Labute approximate surface area is 123 Å². The van der Waals surface area contributed by atoms with E-state index in [1.165, 1.54) is 0 Å². The van der Waals surface area contributed by atoms with Gasteiger partial charge in [0.15, 0.2) is 0 Å². The summed E-state index contributed by atoms with van der Waals surface area (Å²) >= 11 is 0. The maximum Gasteiger partial charge on any atom is 0.237 e. The van der Waals surface area contributed by atoms with Crippen LogP contribution in [0.4, 0.5) is 0 Å². The first-order valence-corrected chi connectivity index (χ1v) is 7.80. The van der Waals surface area contributed by atoms with E-state index >= 15 is 0 Å². The van der Waals surface area contributed by atoms with Crippen molar-refractivity contribution in [2.24, 2.45) is 11.7 Å². The molecule has 0 spiro atoms. The first-order chi connectivity index (χ1) is 9.43. The van der Waals surface area contributed by atoms with E-state index in [0.29, 0.717) is 18.6 Å². The molecule has 118 valence electrons. The number of rotatable bonds is 7. The summed E-state index contributed by atoms with van der Waals surface area (Å²) in [7, 11) is 0. The van der Waals surface area contributed by atoms with Gasteiger partial charge < -0.3 is 15.8 Å². The van der Waals surface area contributed by atoms with Crippen molar-refractivity contribution in [2.45, 2.75) is 58.7 Å². The highest BCUT2D eigenvalue weighted by molar-refractivity contribution is 5.81. The number of ether oxygens (including phenoxy) is 1. The molecule has 1 rings (SSSR count). The van der Waals surface area contributed by atoms with Crippen molar-refractivity contribution in [1.82, 2.24) is 10.2 Å². The van der Waals surface area contributed by atoms with Gasteiger partial charge in [-0.25, -0.2) is 0 Å². The van der Waals surface area contributed by atoms with E-state index in [0.717, 1.165) is 32.6 Å². The second-order valence-electron chi connectivity index (χ2n) is 6.19. The van der Waals surface area contributed by atoms with E-state index in [9.17, 15) is 4.79 Å². The topological polar surface area (TPSA) is 67.6 Å². The van der Waals surface area contributed by atoms with Gasteiger partial charge in [0.05, 0.1) is 6.04 Å². The lowest BCUT2D eigenvalue weighted by Gasteiger charge is -2.31. The molecule has 1 aliphatic rings. The lowest BCUT2D eigenvalue weighted by molar-refractivity contribution is -0.124. The summed E-state index contributed by atoms with van der Waals surface area (Å²) in [6.45, 7) is 11.7. The van der Waals surface area contributed by atoms with E-state index in [-0.39, 0.29) is 11.8 Å². The van der Waals surface area contributed by atoms with Gasteiger partial charge in [-0.05, 0) is 46.5 Å². The molecule has 0 aromatic heterocycles. The molecule has 0 aliphatic carbocycles. The normalized spacial score (nSPS) is 18.8. The van der Waals surface area contributed by atoms with Gasteiger partial charge in [-0.15, -0.1) is 0 Å². The first kappa shape index (κ1) is 17.4. The van der Waals surface area contributed by atoms with E-state index in [1.807, 2.05) is 0 Å². The zero-order chi connectivity index (χ0) is 15.1. The Bertz CT molecular complexity index is 281. The predicted molar refractivity (Wildman–Crippen MR) is 81.5 cm³/mol. The number of nitrogens with two attached hydrogens (primary N) is 1. The Hall–Kier alpha value is -0.650. The average molecular weight is 285 g/mol. The van der Waals surface area contributed by atoms with E-state index in [1.54, 1.807) is 0 Å². The Morgan fingerprint density at radius 3 is 2.30 bits per heavy atom. The van der Waals surface area contributed by atoms with Crippen molar-refractivity contribution in [2.75, 3.05) is 26.3 Å². The summed E-state index contributed by atoms with van der Waals surface area (Å²) in [5.74, 6) is 0.236. The third-order valence-corrected chi connectivity index (χ3v) is 4.07. The lowest BCUT2D eigenvalue weighted by atomic mass is 9.92. The third kappa shape index (κ3) is 5.38. The molecule has 0 radical (unpaired) electrons. The second-order valence-corrected chi connectivity index (χ2v) is 6.19. The molecule has 1 aliphatic heterocycles. The first-order valence-electron chi connectivity index (χ1n) is 7.80. The minimum atomic E-state index is -0.398. The van der Waals surface area contributed by atoms with Crippen LogP contribution in [-0.4, -0.2) is 55.2 Å². The van der Waals surface area contributed by atoms with Crippen LogP contribution in [0, 0.1) is 5.92 Å². The highest BCUT2D eigenvalue weighted by atomic mass is 16.5. The number of carbonyl (C=O) groups is 1. The van der Waals surface area contributed by atoms with Crippen LogP contribution in [0.1, 0.15) is 40.5 Å². The average Bonchev–Trinajstić information content (AvgIpc) is 2.42. The molecule has 0 aromatic rings. The van der Waals surface area contributed by atoms with Gasteiger partial charge in [0.25, 0.3) is 0 Å². The maximum atomic E-state index is 12.1. The largest absolute Gasteiger partial charge is 0.381 e. The number of hydrogen-bond acceptors (Lipinski definition) is 4. The fourth-order valence-electron chi connectivity index (χ4n) is 2.83. The van der Waals surface area contributed by atoms with E-state index in [4.69, 9.17) is 10.5 Å². The molecule has 1 heterocycles. The number of nitrogens with zero attached hydrogens (tertiary/aromatic N) is 1. The SMILES string of the molecule is CC(C)N(CCNC(=O)C(N)C1CCOCC1)C(C)C. The van der Waals surface area contributed by atoms with Crippen LogP contribution >= 0.6 is 0 Å². The monoisotopic (exact) mass is 285 g/mol. The summed E-state index contributed by atoms with van der Waals surface area (Å²) in [4.78, 5) is 14.4. The highest BCUT2D eigenvalue weighted by Gasteiger charge is 2.26. The van der Waals surface area contributed by atoms with Crippen LogP contribution in [0.3, 0.4) is 0 Å². The molecule has 0 aromatic carbocycles. The molecule has 1 amide bonds. The number of hydrogen-bond donors (Lipinski definition) is 2. The van der Waals surface area contributed by atoms with Gasteiger partial charge in [0.1, 0.15) is 0 Å². The quantitative estimate of drug-likeness (QED) is 0.731. The van der Waals surface area contributed by atoms with Crippen LogP contribution in [0.25, 0.3) is 0 Å². The van der Waals surface area contributed by atoms with E-state index in [2.05, 4.69) is 37.9 Å². The zero-order valence-corrected chi connectivity index (χ0v) is 13.4. The van der Waals surface area contributed by atoms with Crippen molar-refractivity contribution < 1.29 is 9.53 Å². The molecule has 5 nitrogen and oxygen atoms in total. The lowest BCUT2D eigenvalue weighted by Crippen LogP contribution is -2.49. The van der Waals surface area contributed by atoms with Crippen LogP contribution in [0.15, 0.2) is 0 Å². The number of carbonyl (C=O) groups excluding carboxylic acids is 1. The molecule has 20 heavy (non-hydrogen) atoms. The van der Waals surface area contributed by atoms with Crippen molar-refractivity contribution in [3.63, 3.8) is 0 Å². The van der Waals surface area contributed by atoms with Crippen molar-refractivity contribution in [3.8, 4) is 0 Å². The van der Waals surface area contributed by atoms with Gasteiger partial charge >= 0.3 is 0 Å². The summed E-state index contributed by atoms with van der Waals surface area (Å²) in [6.07, 6.45) is 1.78. The highest BCUT2D eigenvalue weighted by Crippen LogP contribution is 2.17. The number of nitrogens with one attached hydrogen (secondary N) is 1. The number of amides is 1. The summed E-state index contributed by atoms with van der Waals surface area (Å²) in [5, 5.41) is 2.97. The fraction of sp³-hybridized carbons (Fsp3) is 0.933. The van der Waals surface area contributed by atoms with Gasteiger partial charge in [-0.2, -0.15) is 0 Å². The summed E-state index contributed by atoms with van der Waals surface area (Å²) in [5.41, 5.74) is 6.05. The molecule has 1 saturated heterocycles. The van der Waals surface area contributed by atoms with Gasteiger partial charge in [-0.3, -0.25) is 9.69 Å². The predicted octanol–water partition coefficient (Wildman–Crippen LogP) is 0.975. The Morgan fingerprint density at radius 2 is 1.80 bits per heavy atom. The maximum absolute atomic E-state index is 12.1. The Morgan fingerprint density at radius 1 is 1.25 bits per heavy atom. The molecule has 3 N–H and O–H groups in total. The fourth-order valence-corrected chi connectivity index (χ4v) is 2.83. The Kier molecular flexibility index (Phi) is 7.48. The smallest absolute Gasteiger partial charge is 0.237 e. The van der Waals surface area contributed by atoms with Crippen molar-refractivity contribution in [3.05, 3.63) is 0 Å². The van der Waals surface area contributed by atoms with Crippen LogP contribution in [0.2, 0.25) is 0 Å². The van der Waals surface area contributed by atoms with Gasteiger partial charge in [-0.1, -0.05) is 0 Å². The molecule has 5 heteroatoms. The van der Waals surface area contributed by atoms with Crippen LogP contribution in [-0.2, 0) is 9.53 Å². The molecule has 1 atom stereocenters. The van der Waals surface area contributed by atoms with E-state index < -0.39 is 6.04 Å². The minimum Gasteiger partial charge on any atom is -0.381 e. The van der Waals surface area contributed by atoms with Crippen molar-refractivity contribution >= 4 is 5.91 Å². The molecule has 1 fully saturated rings. The van der Waals surface area contributed by atoms with Crippen LogP contribution in [0.5, 0.6) is 0 Å². The standard InChI is InChI=1S/C15H31N3O2/c1-11(2)18(12(3)4)8-7-17-15(19)14(16)13-5-9-20-10-6-13/h11-14H,5-10,16H2,1-4H3,(H,17,19). The molecule has 1 unspecified atom stereocenters. The summed E-state index contributed by atoms with van der Waals surface area (Å²) in [6, 6.07) is 0.567. The van der Waals surface area contributed by atoms with Gasteiger partial charge in [0.2, 0.25) is 5.91 Å². The van der Waals surface area contributed by atoms with Crippen molar-refractivity contribution in [1.29, 1.82) is 0 Å². The van der Waals surface area contributed by atoms with Crippen LogP contribution < -0.4 is 11.1 Å².